The standard InChI is InChI=1S/C11H23N/c1-3-10-5-4-6-11(9-10)7-8-12-2/h10-12H,3-9H2,1-2H3. The topological polar surface area (TPSA) is 12.0 Å². The molecule has 1 fully saturated rings. The van der Waals surface area contributed by atoms with Crippen molar-refractivity contribution in [1.82, 2.24) is 5.32 Å². The average molecular weight is 169 g/mol. The smallest absolute Gasteiger partial charge is 0.00493 e. The summed E-state index contributed by atoms with van der Waals surface area (Å²) in [5.41, 5.74) is 0. The Bertz CT molecular complexity index is 112. The van der Waals surface area contributed by atoms with Crippen LogP contribution in [-0.2, 0) is 0 Å². The molecule has 0 bridgehead atoms. The van der Waals surface area contributed by atoms with Gasteiger partial charge in [0.25, 0.3) is 0 Å². The minimum absolute atomic E-state index is 1.02. The van der Waals surface area contributed by atoms with Gasteiger partial charge >= 0.3 is 0 Å². The van der Waals surface area contributed by atoms with Gasteiger partial charge in [0.15, 0.2) is 0 Å². The summed E-state index contributed by atoms with van der Waals surface area (Å²) in [4.78, 5) is 0. The van der Waals surface area contributed by atoms with Crippen molar-refractivity contribution >= 4 is 0 Å². The molecule has 1 aliphatic carbocycles. The number of hydrogen-bond donors (Lipinski definition) is 1. The van der Waals surface area contributed by atoms with E-state index in [4.69, 9.17) is 0 Å². The van der Waals surface area contributed by atoms with Gasteiger partial charge in [0, 0.05) is 0 Å². The van der Waals surface area contributed by atoms with Gasteiger partial charge in [-0.3, -0.25) is 0 Å². The van der Waals surface area contributed by atoms with Gasteiger partial charge in [-0.1, -0.05) is 32.6 Å². The SMILES string of the molecule is CCC1CCCC(CCNC)C1. The van der Waals surface area contributed by atoms with E-state index >= 15 is 0 Å². The van der Waals surface area contributed by atoms with Crippen LogP contribution in [0.4, 0.5) is 0 Å². The molecule has 0 aromatic rings. The number of rotatable bonds is 4. The normalized spacial score (nSPS) is 30.5. The molecule has 1 N–H and O–H groups in total. The third-order valence-corrected chi connectivity index (χ3v) is 3.27. The van der Waals surface area contributed by atoms with Crippen LogP contribution in [0.25, 0.3) is 0 Å². The lowest BCUT2D eigenvalue weighted by molar-refractivity contribution is 0.249. The van der Waals surface area contributed by atoms with Gasteiger partial charge in [0.2, 0.25) is 0 Å². The Morgan fingerprint density at radius 1 is 1.25 bits per heavy atom. The summed E-state index contributed by atoms with van der Waals surface area (Å²) in [6.07, 6.45) is 8.75. The maximum absolute atomic E-state index is 3.25. The monoisotopic (exact) mass is 169 g/mol. The average Bonchev–Trinajstić information content (AvgIpc) is 2.15. The molecule has 1 aliphatic rings. The van der Waals surface area contributed by atoms with Crippen LogP contribution in [0, 0.1) is 11.8 Å². The second-order valence-corrected chi connectivity index (χ2v) is 4.20. The zero-order chi connectivity index (χ0) is 8.81. The lowest BCUT2D eigenvalue weighted by Gasteiger charge is -2.28. The first-order valence-corrected chi connectivity index (χ1v) is 5.51. The molecule has 12 heavy (non-hydrogen) atoms. The fraction of sp³-hybridized carbons (Fsp3) is 1.00. The van der Waals surface area contributed by atoms with E-state index in [0.717, 1.165) is 11.8 Å². The van der Waals surface area contributed by atoms with Gasteiger partial charge in [0.1, 0.15) is 0 Å². The second kappa shape index (κ2) is 5.58. The van der Waals surface area contributed by atoms with E-state index in [1.807, 2.05) is 0 Å². The van der Waals surface area contributed by atoms with Crippen molar-refractivity contribution < 1.29 is 0 Å². The number of nitrogens with one attached hydrogen (secondary N) is 1. The highest BCUT2D eigenvalue weighted by Gasteiger charge is 2.19. The molecule has 1 nitrogen and oxygen atoms in total. The Labute approximate surface area is 76.9 Å². The first-order valence-electron chi connectivity index (χ1n) is 5.51. The van der Waals surface area contributed by atoms with E-state index < -0.39 is 0 Å². The molecule has 72 valence electrons. The third kappa shape index (κ3) is 3.14. The number of hydrogen-bond acceptors (Lipinski definition) is 1. The van der Waals surface area contributed by atoms with Crippen molar-refractivity contribution in [3.8, 4) is 0 Å². The molecule has 0 aromatic heterocycles. The predicted molar refractivity (Wildman–Crippen MR) is 54.3 cm³/mol. The Hall–Kier alpha value is -0.0400. The summed E-state index contributed by atoms with van der Waals surface area (Å²) in [5.74, 6) is 2.07. The molecule has 0 saturated heterocycles. The zero-order valence-corrected chi connectivity index (χ0v) is 8.60. The lowest BCUT2D eigenvalue weighted by Crippen LogP contribution is -2.19. The molecule has 0 radical (unpaired) electrons. The fourth-order valence-corrected chi connectivity index (χ4v) is 2.38. The summed E-state index contributed by atoms with van der Waals surface area (Å²) >= 11 is 0. The summed E-state index contributed by atoms with van der Waals surface area (Å²) in [6, 6.07) is 0. The van der Waals surface area contributed by atoms with Crippen LogP contribution in [0.3, 0.4) is 0 Å². The van der Waals surface area contributed by atoms with Gasteiger partial charge in [-0.15, -0.1) is 0 Å². The van der Waals surface area contributed by atoms with Gasteiger partial charge in [-0.05, 0) is 38.3 Å². The van der Waals surface area contributed by atoms with E-state index in [-0.39, 0.29) is 0 Å². The van der Waals surface area contributed by atoms with E-state index in [1.54, 1.807) is 0 Å². The quantitative estimate of drug-likeness (QED) is 0.682. The van der Waals surface area contributed by atoms with Crippen molar-refractivity contribution in [1.29, 1.82) is 0 Å². The molecule has 0 aliphatic heterocycles. The maximum atomic E-state index is 3.25. The molecule has 1 saturated carbocycles. The molecule has 1 rings (SSSR count). The van der Waals surface area contributed by atoms with Crippen LogP contribution in [-0.4, -0.2) is 13.6 Å². The molecule has 2 atom stereocenters. The van der Waals surface area contributed by atoms with Gasteiger partial charge in [-0.2, -0.15) is 0 Å². The van der Waals surface area contributed by atoms with E-state index in [9.17, 15) is 0 Å². The van der Waals surface area contributed by atoms with Crippen molar-refractivity contribution in [3.63, 3.8) is 0 Å². The largest absolute Gasteiger partial charge is 0.320 e. The van der Waals surface area contributed by atoms with Crippen LogP contribution >= 0.6 is 0 Å². The predicted octanol–water partition coefficient (Wildman–Crippen LogP) is 2.81. The Morgan fingerprint density at radius 2 is 2.00 bits per heavy atom. The third-order valence-electron chi connectivity index (χ3n) is 3.27. The molecule has 1 heteroatoms. The highest BCUT2D eigenvalue weighted by Crippen LogP contribution is 2.32. The van der Waals surface area contributed by atoms with Crippen LogP contribution in [0.5, 0.6) is 0 Å². The van der Waals surface area contributed by atoms with Gasteiger partial charge in [0.05, 0.1) is 0 Å². The first kappa shape index (κ1) is 10.0. The molecule has 0 heterocycles. The maximum Gasteiger partial charge on any atom is -0.00493 e. The van der Waals surface area contributed by atoms with Crippen LogP contribution < -0.4 is 5.32 Å². The molecule has 2 unspecified atom stereocenters. The molecule has 0 spiro atoms. The summed E-state index contributed by atoms with van der Waals surface area (Å²) in [6.45, 7) is 3.55. The summed E-state index contributed by atoms with van der Waals surface area (Å²) < 4.78 is 0. The molecular formula is C11H23N. The van der Waals surface area contributed by atoms with Crippen molar-refractivity contribution in [3.05, 3.63) is 0 Å². The molecule has 0 aromatic carbocycles. The Balaban J connectivity index is 2.16. The van der Waals surface area contributed by atoms with E-state index in [0.29, 0.717) is 0 Å². The van der Waals surface area contributed by atoms with Gasteiger partial charge < -0.3 is 5.32 Å². The minimum Gasteiger partial charge on any atom is -0.320 e. The van der Waals surface area contributed by atoms with E-state index in [1.165, 1.54) is 45.1 Å². The fourth-order valence-electron chi connectivity index (χ4n) is 2.38. The van der Waals surface area contributed by atoms with E-state index in [2.05, 4.69) is 19.3 Å². The second-order valence-electron chi connectivity index (χ2n) is 4.20. The zero-order valence-electron chi connectivity index (χ0n) is 8.60. The minimum atomic E-state index is 1.02. The summed E-state index contributed by atoms with van der Waals surface area (Å²) in [7, 11) is 2.06. The van der Waals surface area contributed by atoms with Crippen LogP contribution in [0.2, 0.25) is 0 Å². The Morgan fingerprint density at radius 3 is 2.67 bits per heavy atom. The van der Waals surface area contributed by atoms with Gasteiger partial charge in [-0.25, -0.2) is 0 Å². The molecule has 0 amide bonds. The molecular weight excluding hydrogens is 146 g/mol. The Kier molecular flexibility index (Phi) is 4.67. The highest BCUT2D eigenvalue weighted by molar-refractivity contribution is 4.72. The highest BCUT2D eigenvalue weighted by atomic mass is 14.8. The lowest BCUT2D eigenvalue weighted by atomic mass is 9.79. The van der Waals surface area contributed by atoms with Crippen molar-refractivity contribution in [2.45, 2.75) is 45.4 Å². The van der Waals surface area contributed by atoms with Crippen LogP contribution in [0.15, 0.2) is 0 Å². The van der Waals surface area contributed by atoms with Crippen LogP contribution in [0.1, 0.15) is 45.4 Å². The van der Waals surface area contributed by atoms with Crippen molar-refractivity contribution in [2.75, 3.05) is 13.6 Å². The van der Waals surface area contributed by atoms with Crippen molar-refractivity contribution in [2.24, 2.45) is 11.8 Å². The summed E-state index contributed by atoms with van der Waals surface area (Å²) in [5, 5.41) is 3.25. The first-order chi connectivity index (χ1) is 5.86.